The number of piperidine rings is 1. The summed E-state index contributed by atoms with van der Waals surface area (Å²) in [4.78, 5) is 18.3. The van der Waals surface area contributed by atoms with Gasteiger partial charge in [-0.2, -0.15) is 18.2 Å². The summed E-state index contributed by atoms with van der Waals surface area (Å²) in [7, 11) is 0. The van der Waals surface area contributed by atoms with Crippen molar-refractivity contribution in [1.82, 2.24) is 25.0 Å². The van der Waals surface area contributed by atoms with Crippen LogP contribution in [0.25, 0.3) is 0 Å². The van der Waals surface area contributed by atoms with Crippen LogP contribution in [0.15, 0.2) is 0 Å². The van der Waals surface area contributed by atoms with Crippen LogP contribution in [0.5, 0.6) is 0 Å². The second-order valence-corrected chi connectivity index (χ2v) is 8.30. The molecule has 1 aliphatic heterocycles. The van der Waals surface area contributed by atoms with Crippen LogP contribution in [0.2, 0.25) is 0 Å². The fourth-order valence-corrected chi connectivity index (χ4v) is 4.26. The third kappa shape index (κ3) is 5.15. The third-order valence-electron chi connectivity index (χ3n) is 5.87. The molecule has 7 nitrogen and oxygen atoms in total. The Labute approximate surface area is 162 Å². The first-order valence-corrected chi connectivity index (χ1v) is 9.98. The molecule has 1 aliphatic carbocycles. The van der Waals surface area contributed by atoms with Gasteiger partial charge >= 0.3 is 6.18 Å². The summed E-state index contributed by atoms with van der Waals surface area (Å²) in [5, 5.41) is 6.45. The van der Waals surface area contributed by atoms with Gasteiger partial charge in [-0.25, -0.2) is 4.68 Å². The molecule has 0 radical (unpaired) electrons. The number of nitrogens with one attached hydrogen (secondary N) is 1. The van der Waals surface area contributed by atoms with Crippen LogP contribution in [0.3, 0.4) is 0 Å². The second-order valence-electron chi connectivity index (χ2n) is 8.30. The first-order valence-electron chi connectivity index (χ1n) is 9.98. The number of alkyl halides is 3. The standard InChI is InChI=1S/C18H29F3N6O/c1-13-5-9-26(10-6-13)12-17(7-3-2-4-8-17)24-14(28)11-27-16(22)23-15(25-27)18(19,20)21/h13H,2-12H2,1H3,(H,24,28)(H2,22,23,25). The summed E-state index contributed by atoms with van der Waals surface area (Å²) in [5.74, 6) is -1.39. The molecule has 0 atom stereocenters. The monoisotopic (exact) mass is 402 g/mol. The van der Waals surface area contributed by atoms with Crippen molar-refractivity contribution < 1.29 is 18.0 Å². The second kappa shape index (κ2) is 8.26. The highest BCUT2D eigenvalue weighted by Crippen LogP contribution is 2.31. The van der Waals surface area contributed by atoms with E-state index in [1.807, 2.05) is 0 Å². The number of halogens is 3. The number of rotatable bonds is 5. The molecule has 3 N–H and O–H groups in total. The van der Waals surface area contributed by atoms with Gasteiger partial charge in [-0.15, -0.1) is 5.10 Å². The average molecular weight is 402 g/mol. The normalized spacial score (nSPS) is 21.6. The van der Waals surface area contributed by atoms with Gasteiger partial charge in [0.25, 0.3) is 5.82 Å². The molecule has 0 spiro atoms. The molecule has 3 rings (SSSR count). The van der Waals surface area contributed by atoms with Crippen LogP contribution in [0.1, 0.15) is 57.7 Å². The molecule has 1 aromatic heterocycles. The van der Waals surface area contributed by atoms with E-state index in [0.29, 0.717) is 0 Å². The summed E-state index contributed by atoms with van der Waals surface area (Å²) in [6, 6.07) is 0. The lowest BCUT2D eigenvalue weighted by atomic mass is 9.80. The number of likely N-dealkylation sites (tertiary alicyclic amines) is 1. The van der Waals surface area contributed by atoms with Gasteiger partial charge in [-0.05, 0) is 44.7 Å². The fourth-order valence-electron chi connectivity index (χ4n) is 4.26. The van der Waals surface area contributed by atoms with Gasteiger partial charge in [-0.1, -0.05) is 26.2 Å². The quantitative estimate of drug-likeness (QED) is 0.790. The van der Waals surface area contributed by atoms with Gasteiger partial charge in [0.1, 0.15) is 6.54 Å². The van der Waals surface area contributed by atoms with Crippen LogP contribution in [-0.2, 0) is 17.5 Å². The van der Waals surface area contributed by atoms with Crippen molar-refractivity contribution in [1.29, 1.82) is 0 Å². The van der Waals surface area contributed by atoms with E-state index in [2.05, 4.69) is 27.2 Å². The summed E-state index contributed by atoms with van der Waals surface area (Å²) < 4.78 is 39.0. The van der Waals surface area contributed by atoms with E-state index in [9.17, 15) is 18.0 Å². The molecule has 1 saturated heterocycles. The Balaban J connectivity index is 1.65. The van der Waals surface area contributed by atoms with Crippen LogP contribution in [0, 0.1) is 5.92 Å². The zero-order valence-corrected chi connectivity index (χ0v) is 16.3. The number of hydrogen-bond acceptors (Lipinski definition) is 5. The minimum atomic E-state index is -4.69. The average Bonchev–Trinajstić information content (AvgIpc) is 2.98. The predicted molar refractivity (Wildman–Crippen MR) is 98.2 cm³/mol. The van der Waals surface area contributed by atoms with Crippen LogP contribution in [0.4, 0.5) is 19.1 Å². The van der Waals surface area contributed by atoms with Crippen LogP contribution >= 0.6 is 0 Å². The Morgan fingerprint density at radius 3 is 2.46 bits per heavy atom. The molecule has 10 heteroatoms. The van der Waals surface area contributed by atoms with E-state index in [4.69, 9.17) is 5.73 Å². The van der Waals surface area contributed by atoms with Crippen molar-refractivity contribution in [2.24, 2.45) is 5.92 Å². The molecule has 1 saturated carbocycles. The van der Waals surface area contributed by atoms with Gasteiger partial charge in [-0.3, -0.25) is 4.79 Å². The highest BCUT2D eigenvalue weighted by molar-refractivity contribution is 5.77. The number of nitrogen functional groups attached to an aromatic ring is 1. The number of amides is 1. The molecule has 28 heavy (non-hydrogen) atoms. The maximum atomic E-state index is 12.7. The van der Waals surface area contributed by atoms with E-state index in [0.717, 1.165) is 75.2 Å². The van der Waals surface area contributed by atoms with Gasteiger partial charge < -0.3 is 16.0 Å². The lowest BCUT2D eigenvalue weighted by Crippen LogP contribution is -2.58. The van der Waals surface area contributed by atoms with Crippen molar-refractivity contribution in [2.45, 2.75) is 70.1 Å². The molecule has 1 amide bonds. The first-order chi connectivity index (χ1) is 13.2. The SMILES string of the molecule is CC1CCN(CC2(NC(=O)Cn3nc(C(F)(F)F)nc3N)CCCCC2)CC1. The Bertz CT molecular complexity index is 675. The van der Waals surface area contributed by atoms with E-state index in [-0.39, 0.29) is 18.0 Å². The molecular weight excluding hydrogens is 373 g/mol. The van der Waals surface area contributed by atoms with Gasteiger partial charge in [0.05, 0.1) is 5.54 Å². The number of nitrogens with two attached hydrogens (primary N) is 1. The maximum Gasteiger partial charge on any atom is 0.453 e. The van der Waals surface area contributed by atoms with Crippen LogP contribution in [-0.4, -0.2) is 50.7 Å². The van der Waals surface area contributed by atoms with Crippen molar-refractivity contribution in [3.63, 3.8) is 0 Å². The fraction of sp³-hybridized carbons (Fsp3) is 0.833. The van der Waals surface area contributed by atoms with Crippen LogP contribution < -0.4 is 11.1 Å². The highest BCUT2D eigenvalue weighted by atomic mass is 19.4. The number of carbonyl (C=O) groups is 1. The lowest BCUT2D eigenvalue weighted by molar-refractivity contribution is -0.145. The van der Waals surface area contributed by atoms with Crippen molar-refractivity contribution >= 4 is 11.9 Å². The number of carbonyl (C=O) groups excluding carboxylic acids is 1. The molecule has 158 valence electrons. The van der Waals surface area contributed by atoms with E-state index in [1.54, 1.807) is 0 Å². The predicted octanol–water partition coefficient (Wildman–Crippen LogP) is 2.43. The minimum absolute atomic E-state index is 0.335. The summed E-state index contributed by atoms with van der Waals surface area (Å²) >= 11 is 0. The molecule has 0 unspecified atom stereocenters. The molecule has 0 aromatic carbocycles. The van der Waals surface area contributed by atoms with E-state index >= 15 is 0 Å². The van der Waals surface area contributed by atoms with E-state index < -0.39 is 17.9 Å². The summed E-state index contributed by atoms with van der Waals surface area (Å²) in [5.41, 5.74) is 5.18. The molecule has 2 fully saturated rings. The maximum absolute atomic E-state index is 12.7. The Morgan fingerprint density at radius 1 is 1.25 bits per heavy atom. The number of aromatic nitrogens is 3. The molecule has 2 aliphatic rings. The molecule has 1 aromatic rings. The summed E-state index contributed by atoms with van der Waals surface area (Å²) in [6.45, 7) is 4.71. The topological polar surface area (TPSA) is 89.1 Å². The highest BCUT2D eigenvalue weighted by Gasteiger charge is 2.38. The lowest BCUT2D eigenvalue weighted by Gasteiger charge is -2.43. The Hall–Kier alpha value is -1.84. The summed E-state index contributed by atoms with van der Waals surface area (Å²) in [6.07, 6.45) is 2.59. The van der Waals surface area contributed by atoms with Crippen molar-refractivity contribution in [3.8, 4) is 0 Å². The zero-order chi connectivity index (χ0) is 20.4. The molecular formula is C18H29F3N6O. The smallest absolute Gasteiger partial charge is 0.368 e. The van der Waals surface area contributed by atoms with Gasteiger partial charge in [0.15, 0.2) is 0 Å². The van der Waals surface area contributed by atoms with Gasteiger partial charge in [0, 0.05) is 6.54 Å². The number of anilines is 1. The van der Waals surface area contributed by atoms with Gasteiger partial charge in [0.2, 0.25) is 11.9 Å². The Morgan fingerprint density at radius 2 is 1.89 bits per heavy atom. The largest absolute Gasteiger partial charge is 0.453 e. The molecule has 2 heterocycles. The Kier molecular flexibility index (Phi) is 6.16. The number of hydrogen-bond donors (Lipinski definition) is 2. The van der Waals surface area contributed by atoms with Crippen molar-refractivity contribution in [3.05, 3.63) is 5.82 Å². The number of nitrogens with zero attached hydrogens (tertiary/aromatic N) is 4. The van der Waals surface area contributed by atoms with Crippen molar-refractivity contribution in [2.75, 3.05) is 25.4 Å². The zero-order valence-electron chi connectivity index (χ0n) is 16.3. The third-order valence-corrected chi connectivity index (χ3v) is 5.87. The first kappa shape index (κ1) is 20.9. The minimum Gasteiger partial charge on any atom is -0.368 e. The molecule has 0 bridgehead atoms. The van der Waals surface area contributed by atoms with E-state index in [1.165, 1.54) is 0 Å².